The number of nitrogens with zero attached hydrogens (tertiary/aromatic N) is 7. The van der Waals surface area contributed by atoms with E-state index in [0.717, 1.165) is 0 Å². The van der Waals surface area contributed by atoms with Gasteiger partial charge in [-0.3, -0.25) is 19.0 Å². The maximum atomic E-state index is 11.3. The molecule has 0 amide bonds. The SMILES string of the molecule is CN(CCOS(=O)(=O)[O-])c1ccc(N=Nc2ncn(C)n2)c([N+](=O)[O-])c1.[CH3+]. The van der Waals surface area contributed by atoms with Gasteiger partial charge in [0, 0.05) is 39.8 Å². The first-order valence-corrected chi connectivity index (χ1v) is 8.36. The highest BCUT2D eigenvalue weighted by molar-refractivity contribution is 7.80. The average Bonchev–Trinajstić information content (AvgIpc) is 2.96. The molecule has 0 aliphatic rings. The number of nitro benzene ring substituents is 1. The van der Waals surface area contributed by atoms with Gasteiger partial charge in [-0.1, -0.05) is 0 Å². The van der Waals surface area contributed by atoms with Gasteiger partial charge >= 0.3 is 0 Å². The minimum atomic E-state index is -4.79. The molecule has 0 saturated heterocycles. The normalized spacial score (nSPS) is 11.4. The zero-order valence-corrected chi connectivity index (χ0v) is 15.5. The molecular weight excluding hydrogens is 382 g/mol. The Labute approximate surface area is 155 Å². The highest BCUT2D eigenvalue weighted by Crippen LogP contribution is 2.32. The lowest BCUT2D eigenvalue weighted by atomic mass is 10.2. The smallest absolute Gasteiger partial charge is 0.298 e. The van der Waals surface area contributed by atoms with Crippen LogP contribution in [-0.2, 0) is 21.6 Å². The summed E-state index contributed by atoms with van der Waals surface area (Å²) in [6, 6.07) is 4.15. The van der Waals surface area contributed by atoms with E-state index in [9.17, 15) is 23.1 Å². The molecule has 1 heterocycles. The molecule has 14 heteroatoms. The van der Waals surface area contributed by atoms with Crippen molar-refractivity contribution in [2.24, 2.45) is 17.3 Å². The Morgan fingerprint density at radius 2 is 2.07 bits per heavy atom. The molecule has 0 aliphatic carbocycles. The number of rotatable bonds is 8. The van der Waals surface area contributed by atoms with Crippen LogP contribution in [0.5, 0.6) is 0 Å². The summed E-state index contributed by atoms with van der Waals surface area (Å²) in [5.74, 6) is 0.0546. The molecular formula is C13H17N7O6S. The molecule has 146 valence electrons. The summed E-state index contributed by atoms with van der Waals surface area (Å²) in [7, 11) is -1.59. The van der Waals surface area contributed by atoms with Crippen molar-refractivity contribution >= 4 is 33.4 Å². The number of aryl methyl sites for hydroxylation is 1. The average molecular weight is 399 g/mol. The first-order valence-electron chi connectivity index (χ1n) is 7.03. The van der Waals surface area contributed by atoms with Gasteiger partial charge in [0.25, 0.3) is 11.6 Å². The second-order valence-electron chi connectivity index (χ2n) is 5.00. The van der Waals surface area contributed by atoms with Crippen LogP contribution in [0.15, 0.2) is 34.8 Å². The van der Waals surface area contributed by atoms with Crippen LogP contribution < -0.4 is 4.90 Å². The molecule has 0 unspecified atom stereocenters. The van der Waals surface area contributed by atoms with Gasteiger partial charge < -0.3 is 9.45 Å². The number of anilines is 1. The van der Waals surface area contributed by atoms with Crippen LogP contribution in [-0.4, -0.2) is 52.9 Å². The fraction of sp³-hybridized carbons (Fsp3) is 0.308. The predicted molar refractivity (Wildman–Crippen MR) is 93.6 cm³/mol. The van der Waals surface area contributed by atoms with E-state index in [0.29, 0.717) is 5.69 Å². The number of hydrogen-bond acceptors (Lipinski definition) is 11. The molecule has 2 rings (SSSR count). The molecule has 13 nitrogen and oxygen atoms in total. The first kappa shape index (κ1) is 21.9. The fourth-order valence-electron chi connectivity index (χ4n) is 1.86. The maximum Gasteiger partial charge on any atom is 0.298 e. The highest BCUT2D eigenvalue weighted by Gasteiger charge is 2.16. The quantitative estimate of drug-likeness (QED) is 0.159. The van der Waals surface area contributed by atoms with Crippen LogP contribution in [0.25, 0.3) is 0 Å². The van der Waals surface area contributed by atoms with Crippen LogP contribution in [0, 0.1) is 17.5 Å². The number of azo groups is 1. The van der Waals surface area contributed by atoms with Crippen LogP contribution in [0.3, 0.4) is 0 Å². The van der Waals surface area contributed by atoms with Crippen molar-refractivity contribution in [2.75, 3.05) is 25.1 Å². The molecule has 2 aromatic rings. The Balaban J connectivity index is 0.00000364. The summed E-state index contributed by atoms with van der Waals surface area (Å²) < 4.78 is 36.7. The van der Waals surface area contributed by atoms with Crippen molar-refractivity contribution in [1.82, 2.24) is 14.8 Å². The highest BCUT2D eigenvalue weighted by atomic mass is 32.3. The molecule has 1 aromatic carbocycles. The zero-order chi connectivity index (χ0) is 19.3. The number of benzene rings is 1. The summed E-state index contributed by atoms with van der Waals surface area (Å²) in [5, 5.41) is 22.7. The Kier molecular flexibility index (Phi) is 7.33. The van der Waals surface area contributed by atoms with Crippen molar-refractivity contribution in [3.8, 4) is 0 Å². The van der Waals surface area contributed by atoms with Gasteiger partial charge in [-0.2, -0.15) is 4.98 Å². The largest absolute Gasteiger partial charge is 0.726 e. The van der Waals surface area contributed by atoms with Crippen LogP contribution in [0.2, 0.25) is 0 Å². The van der Waals surface area contributed by atoms with Gasteiger partial charge in [0.1, 0.15) is 6.33 Å². The molecule has 1 aromatic heterocycles. The van der Waals surface area contributed by atoms with E-state index >= 15 is 0 Å². The van der Waals surface area contributed by atoms with E-state index in [1.807, 2.05) is 0 Å². The maximum absolute atomic E-state index is 11.3. The third kappa shape index (κ3) is 6.61. The van der Waals surface area contributed by atoms with Gasteiger partial charge in [-0.25, -0.2) is 8.42 Å². The van der Waals surface area contributed by atoms with Crippen molar-refractivity contribution in [3.63, 3.8) is 0 Å². The molecule has 0 aliphatic heterocycles. The van der Waals surface area contributed by atoms with Crippen LogP contribution in [0.1, 0.15) is 0 Å². The topological polar surface area (TPSA) is 168 Å². The third-order valence-corrected chi connectivity index (χ3v) is 3.54. The summed E-state index contributed by atoms with van der Waals surface area (Å²) in [6.45, 7) is -0.361. The van der Waals surface area contributed by atoms with E-state index < -0.39 is 15.3 Å². The minimum Gasteiger partial charge on any atom is -0.726 e. The second-order valence-corrected chi connectivity index (χ2v) is 6.05. The number of aromatic nitrogens is 3. The molecule has 0 N–H and O–H groups in total. The molecule has 0 fully saturated rings. The van der Waals surface area contributed by atoms with Gasteiger partial charge in [0.2, 0.25) is 10.4 Å². The molecule has 0 spiro atoms. The lowest BCUT2D eigenvalue weighted by Gasteiger charge is -2.19. The van der Waals surface area contributed by atoms with Crippen LogP contribution >= 0.6 is 0 Å². The van der Waals surface area contributed by atoms with Crippen molar-refractivity contribution in [2.45, 2.75) is 0 Å². The first-order chi connectivity index (χ1) is 12.2. The summed E-state index contributed by atoms with van der Waals surface area (Å²) in [6.07, 6.45) is 1.41. The second kappa shape index (κ2) is 9.02. The zero-order valence-electron chi connectivity index (χ0n) is 14.7. The monoisotopic (exact) mass is 399 g/mol. The van der Waals surface area contributed by atoms with E-state index in [1.54, 1.807) is 14.1 Å². The van der Waals surface area contributed by atoms with E-state index in [1.165, 1.54) is 34.1 Å². The van der Waals surface area contributed by atoms with Crippen molar-refractivity contribution in [1.29, 1.82) is 0 Å². The van der Waals surface area contributed by atoms with Crippen molar-refractivity contribution in [3.05, 3.63) is 42.1 Å². The lowest BCUT2D eigenvalue weighted by molar-refractivity contribution is -0.384. The predicted octanol–water partition coefficient (Wildman–Crippen LogP) is 1.50. The number of likely N-dealkylation sites (N-methyl/N-ethyl adjacent to an activating group) is 1. The van der Waals surface area contributed by atoms with E-state index in [4.69, 9.17) is 0 Å². The molecule has 27 heavy (non-hydrogen) atoms. The molecule has 0 radical (unpaired) electrons. The molecule has 0 bridgehead atoms. The Bertz CT molecular complexity index is 927. The summed E-state index contributed by atoms with van der Waals surface area (Å²) >= 11 is 0. The number of hydrogen-bond donors (Lipinski definition) is 0. The van der Waals surface area contributed by atoms with E-state index in [2.05, 4.69) is 24.5 Å². The van der Waals surface area contributed by atoms with Gasteiger partial charge in [-0.15, -0.1) is 15.3 Å². The molecule has 0 atom stereocenters. The van der Waals surface area contributed by atoms with Gasteiger partial charge in [0.05, 0.1) is 11.5 Å². The third-order valence-electron chi connectivity index (χ3n) is 3.09. The lowest BCUT2D eigenvalue weighted by Crippen LogP contribution is -2.23. The van der Waals surface area contributed by atoms with Gasteiger partial charge in [0.15, 0.2) is 5.69 Å². The number of nitro groups is 1. The Morgan fingerprint density at radius 3 is 2.63 bits per heavy atom. The standard InChI is InChI=1S/C12H15N7O6S.CH3/c1-17(5-6-25-26(22,23)24)9-3-4-10(11(7-9)19(20)21)14-15-12-13-8-18(2)16-12;/h3-4,7-8H,5-6H2,1-2H3,(H,22,23,24);1H3/q;+1/p-1. The summed E-state index contributed by atoms with van der Waals surface area (Å²) in [5.41, 5.74) is 0.0860. The van der Waals surface area contributed by atoms with E-state index in [-0.39, 0.29) is 37.9 Å². The Morgan fingerprint density at radius 1 is 1.37 bits per heavy atom. The van der Waals surface area contributed by atoms with Crippen molar-refractivity contribution < 1.29 is 22.1 Å². The minimum absolute atomic E-state index is 0. The summed E-state index contributed by atoms with van der Waals surface area (Å²) in [4.78, 5) is 15.9. The molecule has 0 saturated carbocycles. The van der Waals surface area contributed by atoms with Crippen LogP contribution in [0.4, 0.5) is 23.0 Å². The Hall–Kier alpha value is -3.10. The van der Waals surface area contributed by atoms with Gasteiger partial charge in [-0.05, 0) is 12.1 Å². The fourth-order valence-corrected chi connectivity index (χ4v) is 2.14.